The average Bonchev–Trinajstić information content (AvgIpc) is 3.26. The summed E-state index contributed by atoms with van der Waals surface area (Å²) in [5.74, 6) is 1.64. The van der Waals surface area contributed by atoms with Crippen molar-refractivity contribution in [3.05, 3.63) is 42.6 Å². The SMILES string of the molecule is CCN(CC)[C@@H](CNC(=O)[C@H]1CCCN(c2ncccn2)C1)c1ccco1. The molecule has 1 amide bonds. The molecule has 7 nitrogen and oxygen atoms in total. The third-order valence-corrected chi connectivity index (χ3v) is 5.22. The smallest absolute Gasteiger partial charge is 0.225 e. The molecule has 27 heavy (non-hydrogen) atoms. The van der Waals surface area contributed by atoms with Gasteiger partial charge in [0.25, 0.3) is 0 Å². The highest BCUT2D eigenvalue weighted by atomic mass is 16.3. The zero-order valence-corrected chi connectivity index (χ0v) is 16.2. The average molecular weight is 371 g/mol. The number of hydrogen-bond acceptors (Lipinski definition) is 6. The van der Waals surface area contributed by atoms with E-state index in [2.05, 4.69) is 38.9 Å². The molecule has 1 N–H and O–H groups in total. The lowest BCUT2D eigenvalue weighted by Crippen LogP contribution is -2.45. The summed E-state index contributed by atoms with van der Waals surface area (Å²) in [6.07, 6.45) is 7.03. The number of piperidine rings is 1. The number of furan rings is 1. The first-order valence-electron chi connectivity index (χ1n) is 9.80. The minimum Gasteiger partial charge on any atom is -0.468 e. The van der Waals surface area contributed by atoms with Crippen LogP contribution in [0.4, 0.5) is 5.95 Å². The lowest BCUT2D eigenvalue weighted by Gasteiger charge is -2.33. The fourth-order valence-electron chi connectivity index (χ4n) is 3.72. The van der Waals surface area contributed by atoms with Crippen LogP contribution in [0, 0.1) is 5.92 Å². The summed E-state index contributed by atoms with van der Waals surface area (Å²) in [4.78, 5) is 25.8. The lowest BCUT2D eigenvalue weighted by molar-refractivity contribution is -0.125. The Balaban J connectivity index is 1.60. The van der Waals surface area contributed by atoms with Crippen LogP contribution in [-0.2, 0) is 4.79 Å². The second-order valence-corrected chi connectivity index (χ2v) is 6.83. The van der Waals surface area contributed by atoms with Crippen LogP contribution in [0.3, 0.4) is 0 Å². The van der Waals surface area contributed by atoms with Crippen molar-refractivity contribution in [2.45, 2.75) is 32.7 Å². The van der Waals surface area contributed by atoms with Crippen molar-refractivity contribution in [1.82, 2.24) is 20.2 Å². The van der Waals surface area contributed by atoms with Crippen LogP contribution in [0.25, 0.3) is 0 Å². The molecule has 0 spiro atoms. The van der Waals surface area contributed by atoms with Crippen molar-refractivity contribution in [2.24, 2.45) is 5.92 Å². The molecule has 0 saturated carbocycles. The van der Waals surface area contributed by atoms with Crippen molar-refractivity contribution < 1.29 is 9.21 Å². The normalized spacial score (nSPS) is 18.5. The molecule has 0 unspecified atom stereocenters. The molecule has 2 aromatic heterocycles. The minimum absolute atomic E-state index is 0.0449. The van der Waals surface area contributed by atoms with Crippen molar-refractivity contribution in [2.75, 3.05) is 37.6 Å². The zero-order valence-electron chi connectivity index (χ0n) is 16.2. The minimum atomic E-state index is -0.0449. The van der Waals surface area contributed by atoms with Crippen molar-refractivity contribution in [1.29, 1.82) is 0 Å². The predicted molar refractivity (Wildman–Crippen MR) is 104 cm³/mol. The Morgan fingerprint density at radius 2 is 2.11 bits per heavy atom. The third-order valence-electron chi connectivity index (χ3n) is 5.22. The van der Waals surface area contributed by atoms with Gasteiger partial charge in [-0.1, -0.05) is 13.8 Å². The van der Waals surface area contributed by atoms with Crippen molar-refractivity contribution >= 4 is 11.9 Å². The van der Waals surface area contributed by atoms with Crippen LogP contribution in [0.1, 0.15) is 38.5 Å². The van der Waals surface area contributed by atoms with Crippen LogP contribution in [-0.4, -0.2) is 53.5 Å². The maximum atomic E-state index is 12.8. The molecule has 0 aromatic carbocycles. The molecule has 3 rings (SSSR count). The molecule has 0 aliphatic carbocycles. The number of anilines is 1. The largest absolute Gasteiger partial charge is 0.468 e. The van der Waals surface area contributed by atoms with E-state index in [0.717, 1.165) is 38.2 Å². The van der Waals surface area contributed by atoms with Crippen LogP contribution >= 0.6 is 0 Å². The third kappa shape index (κ3) is 4.86. The van der Waals surface area contributed by atoms with Gasteiger partial charge in [0, 0.05) is 32.0 Å². The van der Waals surface area contributed by atoms with Crippen LogP contribution < -0.4 is 10.2 Å². The van der Waals surface area contributed by atoms with Crippen LogP contribution in [0.2, 0.25) is 0 Å². The van der Waals surface area contributed by atoms with E-state index in [4.69, 9.17) is 4.42 Å². The van der Waals surface area contributed by atoms with E-state index in [0.29, 0.717) is 19.0 Å². The maximum Gasteiger partial charge on any atom is 0.225 e. The van der Waals surface area contributed by atoms with Crippen molar-refractivity contribution in [3.8, 4) is 0 Å². The topological polar surface area (TPSA) is 74.5 Å². The summed E-state index contributed by atoms with van der Waals surface area (Å²) >= 11 is 0. The number of carbonyl (C=O) groups excluding carboxylic acids is 1. The van der Waals surface area contributed by atoms with Gasteiger partial charge in [-0.2, -0.15) is 0 Å². The number of amides is 1. The van der Waals surface area contributed by atoms with E-state index in [1.165, 1.54) is 0 Å². The molecule has 0 radical (unpaired) electrons. The summed E-state index contributed by atoms with van der Waals surface area (Å²) in [6, 6.07) is 5.73. The van der Waals surface area contributed by atoms with Gasteiger partial charge in [0.15, 0.2) is 0 Å². The maximum absolute atomic E-state index is 12.8. The standard InChI is InChI=1S/C20H29N5O2/c1-3-24(4-2)17(18-9-6-13-27-18)14-23-19(26)16-8-5-12-25(15-16)20-21-10-7-11-22-20/h6-7,9-11,13,16-17H,3-5,8,12,14-15H2,1-2H3,(H,23,26)/t16-,17-/m0/s1. The van der Waals surface area contributed by atoms with E-state index >= 15 is 0 Å². The Kier molecular flexibility index (Phi) is 6.81. The first kappa shape index (κ1) is 19.4. The van der Waals surface area contributed by atoms with E-state index < -0.39 is 0 Å². The molecule has 3 heterocycles. The number of aromatic nitrogens is 2. The molecule has 1 aliphatic rings. The Labute approximate surface area is 160 Å². The van der Waals surface area contributed by atoms with Gasteiger partial charge >= 0.3 is 0 Å². The summed E-state index contributed by atoms with van der Waals surface area (Å²) in [7, 11) is 0. The van der Waals surface area contributed by atoms with E-state index in [-0.39, 0.29) is 17.9 Å². The Hall–Kier alpha value is -2.41. The fraction of sp³-hybridized carbons (Fsp3) is 0.550. The number of nitrogens with zero attached hydrogens (tertiary/aromatic N) is 4. The highest BCUT2D eigenvalue weighted by Gasteiger charge is 2.28. The molecule has 1 aliphatic heterocycles. The van der Waals surface area contributed by atoms with Gasteiger partial charge in [0.1, 0.15) is 5.76 Å². The summed E-state index contributed by atoms with van der Waals surface area (Å²) in [6.45, 7) is 8.15. The summed E-state index contributed by atoms with van der Waals surface area (Å²) in [5, 5.41) is 3.15. The number of hydrogen-bond donors (Lipinski definition) is 1. The number of carbonyl (C=O) groups is 1. The van der Waals surface area contributed by atoms with Crippen LogP contribution in [0.15, 0.2) is 41.3 Å². The van der Waals surface area contributed by atoms with Gasteiger partial charge in [-0.15, -0.1) is 0 Å². The molecular formula is C20H29N5O2. The van der Waals surface area contributed by atoms with Crippen molar-refractivity contribution in [3.63, 3.8) is 0 Å². The molecule has 2 atom stereocenters. The monoisotopic (exact) mass is 371 g/mol. The summed E-state index contributed by atoms with van der Waals surface area (Å²) < 4.78 is 5.62. The Morgan fingerprint density at radius 3 is 2.78 bits per heavy atom. The quantitative estimate of drug-likeness (QED) is 0.768. The van der Waals surface area contributed by atoms with Gasteiger partial charge in [-0.25, -0.2) is 9.97 Å². The number of likely N-dealkylation sites (N-methyl/N-ethyl adjacent to an activating group) is 1. The van der Waals surface area contributed by atoms with Gasteiger partial charge in [-0.05, 0) is 44.1 Å². The highest BCUT2D eigenvalue weighted by Crippen LogP contribution is 2.22. The molecule has 1 saturated heterocycles. The van der Waals surface area contributed by atoms with E-state index in [9.17, 15) is 4.79 Å². The number of rotatable bonds is 8. The molecule has 146 valence electrons. The van der Waals surface area contributed by atoms with Gasteiger partial charge in [0.2, 0.25) is 11.9 Å². The van der Waals surface area contributed by atoms with Crippen LogP contribution in [0.5, 0.6) is 0 Å². The van der Waals surface area contributed by atoms with Gasteiger partial charge in [-0.3, -0.25) is 9.69 Å². The first-order valence-corrected chi connectivity index (χ1v) is 9.80. The highest BCUT2D eigenvalue weighted by molar-refractivity contribution is 5.79. The molecule has 1 fully saturated rings. The Bertz CT molecular complexity index is 688. The van der Waals surface area contributed by atoms with Gasteiger partial charge in [0.05, 0.1) is 18.2 Å². The van der Waals surface area contributed by atoms with Gasteiger partial charge < -0.3 is 14.6 Å². The first-order chi connectivity index (χ1) is 13.2. The second-order valence-electron chi connectivity index (χ2n) is 6.83. The Morgan fingerprint density at radius 1 is 1.33 bits per heavy atom. The fourth-order valence-corrected chi connectivity index (χ4v) is 3.72. The molecule has 2 aromatic rings. The summed E-state index contributed by atoms with van der Waals surface area (Å²) in [5.41, 5.74) is 0. The van der Waals surface area contributed by atoms with E-state index in [1.54, 1.807) is 24.7 Å². The molecule has 7 heteroatoms. The second kappa shape index (κ2) is 9.50. The lowest BCUT2D eigenvalue weighted by atomic mass is 9.97. The van der Waals surface area contributed by atoms with E-state index in [1.807, 2.05) is 12.1 Å². The molecular weight excluding hydrogens is 342 g/mol. The molecule has 0 bridgehead atoms. The zero-order chi connectivity index (χ0) is 19.1. The predicted octanol–water partition coefficient (Wildman–Crippen LogP) is 2.49. The number of nitrogens with one attached hydrogen (secondary N) is 1.